The largest absolute Gasteiger partial charge is 0.493 e. The first-order valence-electron chi connectivity index (χ1n) is 6.23. The van der Waals surface area contributed by atoms with E-state index in [-0.39, 0.29) is 0 Å². The quantitative estimate of drug-likeness (QED) is 0.833. The van der Waals surface area contributed by atoms with Crippen molar-refractivity contribution in [3.8, 4) is 16.9 Å². The van der Waals surface area contributed by atoms with Crippen molar-refractivity contribution in [3.05, 3.63) is 41.6 Å². The summed E-state index contributed by atoms with van der Waals surface area (Å²) in [6, 6.07) is 8.36. The van der Waals surface area contributed by atoms with Crippen LogP contribution in [-0.2, 0) is 6.42 Å². The molecule has 18 heavy (non-hydrogen) atoms. The number of aromatic nitrogens is 1. The van der Waals surface area contributed by atoms with Gasteiger partial charge in [0.1, 0.15) is 11.6 Å². The van der Waals surface area contributed by atoms with Crippen molar-refractivity contribution in [2.24, 2.45) is 0 Å². The molecule has 92 valence electrons. The van der Waals surface area contributed by atoms with E-state index in [0.717, 1.165) is 41.9 Å². The summed E-state index contributed by atoms with van der Waals surface area (Å²) in [5.74, 6) is 1.60. The highest BCUT2D eigenvalue weighted by Crippen LogP contribution is 2.36. The third kappa shape index (κ3) is 1.82. The molecule has 1 aromatic carbocycles. The van der Waals surface area contributed by atoms with E-state index in [2.05, 4.69) is 29.2 Å². The zero-order valence-electron chi connectivity index (χ0n) is 10.4. The molecule has 0 fully saturated rings. The molecule has 0 spiro atoms. The van der Waals surface area contributed by atoms with Gasteiger partial charge in [-0.2, -0.15) is 0 Å². The molecule has 1 aliphatic heterocycles. The third-order valence-electron chi connectivity index (χ3n) is 3.36. The number of ether oxygens (including phenoxy) is 1. The van der Waals surface area contributed by atoms with Crippen LogP contribution < -0.4 is 10.5 Å². The van der Waals surface area contributed by atoms with E-state index < -0.39 is 0 Å². The molecule has 0 saturated carbocycles. The van der Waals surface area contributed by atoms with Crippen LogP contribution in [0.2, 0.25) is 0 Å². The highest BCUT2D eigenvalue weighted by molar-refractivity contribution is 5.73. The summed E-state index contributed by atoms with van der Waals surface area (Å²) in [6.45, 7) is 2.77. The Kier molecular flexibility index (Phi) is 2.67. The van der Waals surface area contributed by atoms with Gasteiger partial charge in [0.05, 0.1) is 6.61 Å². The van der Waals surface area contributed by atoms with E-state index in [9.17, 15) is 0 Å². The lowest BCUT2D eigenvalue weighted by molar-refractivity contribution is 0.289. The second-order valence-corrected chi connectivity index (χ2v) is 4.67. The number of fused-ring (bicyclic) bond motifs is 1. The minimum Gasteiger partial charge on any atom is -0.493 e. The lowest BCUT2D eigenvalue weighted by atomic mass is 9.98. The summed E-state index contributed by atoms with van der Waals surface area (Å²) >= 11 is 0. The molecule has 3 nitrogen and oxygen atoms in total. The number of nitrogens with zero attached hydrogens (tertiary/aromatic N) is 1. The summed E-state index contributed by atoms with van der Waals surface area (Å²) in [7, 11) is 0. The number of rotatable bonds is 1. The van der Waals surface area contributed by atoms with E-state index in [1.165, 1.54) is 5.56 Å². The molecular weight excluding hydrogens is 224 g/mol. The fourth-order valence-corrected chi connectivity index (χ4v) is 2.35. The summed E-state index contributed by atoms with van der Waals surface area (Å²) in [5.41, 5.74) is 10.2. The fraction of sp³-hybridized carbons (Fsp3) is 0.267. The van der Waals surface area contributed by atoms with Crippen LogP contribution in [0.4, 0.5) is 5.82 Å². The lowest BCUT2D eigenvalue weighted by Gasteiger charge is -2.20. The summed E-state index contributed by atoms with van der Waals surface area (Å²) in [5, 5.41) is 0. The average molecular weight is 240 g/mol. The molecule has 0 aliphatic carbocycles. The zero-order valence-corrected chi connectivity index (χ0v) is 10.4. The normalized spacial score (nSPS) is 13.8. The average Bonchev–Trinajstić information content (AvgIpc) is 2.41. The molecule has 3 heteroatoms. The number of aryl methyl sites for hydroxylation is 2. The van der Waals surface area contributed by atoms with Crippen molar-refractivity contribution in [3.63, 3.8) is 0 Å². The predicted molar refractivity (Wildman–Crippen MR) is 72.6 cm³/mol. The number of nitrogen functional groups attached to an aromatic ring is 1. The van der Waals surface area contributed by atoms with Crippen LogP contribution in [0.5, 0.6) is 5.75 Å². The molecule has 0 amide bonds. The topological polar surface area (TPSA) is 48.1 Å². The van der Waals surface area contributed by atoms with Gasteiger partial charge in [-0.25, -0.2) is 4.98 Å². The van der Waals surface area contributed by atoms with Gasteiger partial charge in [-0.3, -0.25) is 0 Å². The molecule has 0 atom stereocenters. The van der Waals surface area contributed by atoms with Gasteiger partial charge in [0.2, 0.25) is 0 Å². The smallest absolute Gasteiger partial charge is 0.130 e. The minimum atomic E-state index is 0.587. The Morgan fingerprint density at radius 3 is 3.06 bits per heavy atom. The Labute approximate surface area is 107 Å². The predicted octanol–water partition coefficient (Wildman–Crippen LogP) is 2.96. The van der Waals surface area contributed by atoms with Gasteiger partial charge in [0.25, 0.3) is 0 Å². The van der Waals surface area contributed by atoms with Crippen molar-refractivity contribution in [2.45, 2.75) is 19.8 Å². The summed E-state index contributed by atoms with van der Waals surface area (Å²) in [4.78, 5) is 4.23. The molecule has 2 aromatic rings. The van der Waals surface area contributed by atoms with Gasteiger partial charge in [-0.1, -0.05) is 18.2 Å². The second-order valence-electron chi connectivity index (χ2n) is 4.67. The summed E-state index contributed by atoms with van der Waals surface area (Å²) < 4.78 is 5.82. The van der Waals surface area contributed by atoms with Crippen LogP contribution in [0.1, 0.15) is 17.5 Å². The maximum atomic E-state index is 5.82. The van der Waals surface area contributed by atoms with Crippen molar-refractivity contribution in [2.75, 3.05) is 12.3 Å². The standard InChI is InChI=1S/C15H16N2O/c1-10-8-12(9-17-15(10)16)13-6-2-4-11-5-3-7-18-14(11)13/h2,4,6,8-9H,3,5,7H2,1H3,(H2,16,17). The van der Waals surface area contributed by atoms with Gasteiger partial charge in [0.15, 0.2) is 0 Å². The van der Waals surface area contributed by atoms with Gasteiger partial charge in [-0.15, -0.1) is 0 Å². The van der Waals surface area contributed by atoms with E-state index in [4.69, 9.17) is 10.5 Å². The monoisotopic (exact) mass is 240 g/mol. The Morgan fingerprint density at radius 2 is 2.22 bits per heavy atom. The van der Waals surface area contributed by atoms with Gasteiger partial charge in [0, 0.05) is 17.3 Å². The first-order valence-corrected chi connectivity index (χ1v) is 6.23. The van der Waals surface area contributed by atoms with Crippen LogP contribution in [-0.4, -0.2) is 11.6 Å². The molecule has 3 rings (SSSR count). The van der Waals surface area contributed by atoms with Gasteiger partial charge < -0.3 is 10.5 Å². The van der Waals surface area contributed by atoms with Crippen LogP contribution in [0.15, 0.2) is 30.5 Å². The number of anilines is 1. The molecule has 1 aromatic heterocycles. The van der Waals surface area contributed by atoms with Crippen molar-refractivity contribution in [1.82, 2.24) is 4.98 Å². The third-order valence-corrected chi connectivity index (χ3v) is 3.36. The van der Waals surface area contributed by atoms with E-state index in [1.54, 1.807) is 0 Å². The minimum absolute atomic E-state index is 0.587. The number of benzene rings is 1. The van der Waals surface area contributed by atoms with Crippen LogP contribution in [0.3, 0.4) is 0 Å². The van der Waals surface area contributed by atoms with Crippen molar-refractivity contribution in [1.29, 1.82) is 0 Å². The highest BCUT2D eigenvalue weighted by Gasteiger charge is 2.15. The van der Waals surface area contributed by atoms with E-state index in [1.807, 2.05) is 13.1 Å². The van der Waals surface area contributed by atoms with Gasteiger partial charge in [-0.05, 0) is 37.0 Å². The van der Waals surface area contributed by atoms with Crippen LogP contribution in [0.25, 0.3) is 11.1 Å². The van der Waals surface area contributed by atoms with E-state index in [0.29, 0.717) is 5.82 Å². The molecule has 0 saturated heterocycles. The zero-order chi connectivity index (χ0) is 12.5. The lowest BCUT2D eigenvalue weighted by Crippen LogP contribution is -2.09. The molecular formula is C15H16N2O. The summed E-state index contributed by atoms with van der Waals surface area (Å²) in [6.07, 6.45) is 4.00. The number of hydrogen-bond donors (Lipinski definition) is 1. The fourth-order valence-electron chi connectivity index (χ4n) is 2.35. The number of pyridine rings is 1. The molecule has 0 unspecified atom stereocenters. The molecule has 0 bridgehead atoms. The SMILES string of the molecule is Cc1cc(-c2cccc3c2OCCC3)cnc1N. The van der Waals surface area contributed by atoms with E-state index >= 15 is 0 Å². The number of nitrogens with two attached hydrogens (primary N) is 1. The maximum absolute atomic E-state index is 5.82. The number of hydrogen-bond acceptors (Lipinski definition) is 3. The number of para-hydroxylation sites is 1. The Morgan fingerprint density at radius 1 is 1.33 bits per heavy atom. The van der Waals surface area contributed by atoms with Crippen LogP contribution >= 0.6 is 0 Å². The molecule has 2 heterocycles. The van der Waals surface area contributed by atoms with Crippen molar-refractivity contribution >= 4 is 5.82 Å². The van der Waals surface area contributed by atoms with Gasteiger partial charge >= 0.3 is 0 Å². The van der Waals surface area contributed by atoms with Crippen LogP contribution in [0, 0.1) is 6.92 Å². The Balaban J connectivity index is 2.13. The molecule has 1 aliphatic rings. The molecule has 0 radical (unpaired) electrons. The highest BCUT2D eigenvalue weighted by atomic mass is 16.5. The second kappa shape index (κ2) is 4.33. The Hall–Kier alpha value is -2.03. The van der Waals surface area contributed by atoms with Crippen molar-refractivity contribution < 1.29 is 4.74 Å². The first-order chi connectivity index (χ1) is 8.75. The molecule has 2 N–H and O–H groups in total. The first kappa shape index (κ1) is 11.1. The Bertz CT molecular complexity index is 593. The maximum Gasteiger partial charge on any atom is 0.130 e.